The zero-order valence-corrected chi connectivity index (χ0v) is 12.9. The smallest absolute Gasteiger partial charge is 0.167 e. The fourth-order valence-electron chi connectivity index (χ4n) is 3.05. The number of benzene rings is 2. The van der Waals surface area contributed by atoms with Gasteiger partial charge >= 0.3 is 0 Å². The molecule has 4 heteroatoms. The summed E-state index contributed by atoms with van der Waals surface area (Å²) in [6.07, 6.45) is 4.71. The molecule has 0 amide bonds. The van der Waals surface area contributed by atoms with Crippen LogP contribution in [0.25, 0.3) is 0 Å². The minimum atomic E-state index is -0.488. The second-order valence-corrected chi connectivity index (χ2v) is 5.90. The topological polar surface area (TPSA) is 34.1 Å². The highest BCUT2D eigenvalue weighted by Crippen LogP contribution is 2.31. The molecule has 0 saturated heterocycles. The third kappa shape index (κ3) is 3.32. The first kappa shape index (κ1) is 16.2. The predicted molar refractivity (Wildman–Crippen MR) is 86.8 cm³/mol. The highest BCUT2D eigenvalue weighted by atomic mass is 19.1. The Morgan fingerprint density at radius 1 is 0.667 bits per heavy atom. The van der Waals surface area contributed by atoms with Gasteiger partial charge in [-0.15, -0.1) is 0 Å². The lowest BCUT2D eigenvalue weighted by molar-refractivity contribution is 0.0761. The number of Topliss-reactive ketones (excluding diaryl/α,β-unsaturated/α-hetero) is 2. The van der Waals surface area contributed by atoms with Gasteiger partial charge in [0, 0.05) is 23.0 Å². The normalized spacial score (nSPS) is 19.9. The zero-order valence-electron chi connectivity index (χ0n) is 12.9. The van der Waals surface area contributed by atoms with Gasteiger partial charge in [-0.05, 0) is 61.4 Å². The Balaban J connectivity index is 1.87. The summed E-state index contributed by atoms with van der Waals surface area (Å²) >= 11 is 0. The number of allylic oxidation sites excluding steroid dienone is 2. The molecule has 1 aliphatic carbocycles. The van der Waals surface area contributed by atoms with Gasteiger partial charge in [0.05, 0.1) is 0 Å². The van der Waals surface area contributed by atoms with Gasteiger partial charge < -0.3 is 0 Å². The fraction of sp³-hybridized carbons (Fsp3) is 0.200. The van der Waals surface area contributed by atoms with E-state index >= 15 is 0 Å². The Bertz CT molecular complexity index is 709. The molecule has 0 unspecified atom stereocenters. The standard InChI is InChI=1S/C20H16F2O2/c21-15-9-5-13(6-10-15)19(23)17-3-1-2-4-18(17)20(24)14-7-11-16(22)12-8-14/h1-2,5-12,17-18H,3-4H2/t17-,18-/m1/s1. The molecule has 0 N–H and O–H groups in total. The Hall–Kier alpha value is -2.62. The summed E-state index contributed by atoms with van der Waals surface area (Å²) in [4.78, 5) is 25.5. The van der Waals surface area contributed by atoms with Crippen LogP contribution in [-0.4, -0.2) is 11.6 Å². The molecule has 24 heavy (non-hydrogen) atoms. The van der Waals surface area contributed by atoms with Crippen molar-refractivity contribution in [3.8, 4) is 0 Å². The monoisotopic (exact) mass is 326 g/mol. The van der Waals surface area contributed by atoms with E-state index in [1.165, 1.54) is 48.5 Å². The van der Waals surface area contributed by atoms with E-state index in [1.54, 1.807) is 0 Å². The third-order valence-corrected chi connectivity index (χ3v) is 4.36. The molecule has 0 bridgehead atoms. The maximum atomic E-state index is 13.0. The van der Waals surface area contributed by atoms with Gasteiger partial charge in [0.1, 0.15) is 11.6 Å². The van der Waals surface area contributed by atoms with Crippen LogP contribution in [0, 0.1) is 23.5 Å². The van der Waals surface area contributed by atoms with E-state index in [0.717, 1.165) is 0 Å². The van der Waals surface area contributed by atoms with E-state index in [4.69, 9.17) is 0 Å². The Morgan fingerprint density at radius 3 is 1.33 bits per heavy atom. The zero-order chi connectivity index (χ0) is 17.1. The second-order valence-electron chi connectivity index (χ2n) is 5.90. The minimum Gasteiger partial charge on any atom is -0.294 e. The van der Waals surface area contributed by atoms with E-state index in [1.807, 2.05) is 12.2 Å². The molecular formula is C20H16F2O2. The first-order chi connectivity index (χ1) is 11.6. The largest absolute Gasteiger partial charge is 0.294 e. The Kier molecular flexibility index (Phi) is 4.65. The summed E-state index contributed by atoms with van der Waals surface area (Å²) in [5.41, 5.74) is 0.794. The number of carbonyl (C=O) groups is 2. The summed E-state index contributed by atoms with van der Waals surface area (Å²) < 4.78 is 26.1. The number of ketones is 2. The van der Waals surface area contributed by atoms with Crippen LogP contribution in [0.2, 0.25) is 0 Å². The van der Waals surface area contributed by atoms with Gasteiger partial charge in [0.2, 0.25) is 0 Å². The number of hydrogen-bond donors (Lipinski definition) is 0. The molecule has 3 rings (SSSR count). The Labute approximate surface area is 138 Å². The number of halogens is 2. The van der Waals surface area contributed by atoms with Crippen molar-refractivity contribution in [3.63, 3.8) is 0 Å². The first-order valence-electron chi connectivity index (χ1n) is 7.81. The van der Waals surface area contributed by atoms with Crippen molar-refractivity contribution in [3.05, 3.63) is 83.4 Å². The van der Waals surface area contributed by atoms with Crippen LogP contribution >= 0.6 is 0 Å². The van der Waals surface area contributed by atoms with Crippen molar-refractivity contribution in [2.45, 2.75) is 12.8 Å². The van der Waals surface area contributed by atoms with Crippen LogP contribution in [0.15, 0.2) is 60.7 Å². The molecule has 0 heterocycles. The molecule has 1 aliphatic rings. The van der Waals surface area contributed by atoms with Gasteiger partial charge in [0.15, 0.2) is 11.6 Å². The van der Waals surface area contributed by atoms with Crippen molar-refractivity contribution in [1.29, 1.82) is 0 Å². The van der Waals surface area contributed by atoms with E-state index in [2.05, 4.69) is 0 Å². The number of hydrogen-bond acceptors (Lipinski definition) is 2. The van der Waals surface area contributed by atoms with Gasteiger partial charge in [-0.3, -0.25) is 9.59 Å². The quantitative estimate of drug-likeness (QED) is 0.607. The van der Waals surface area contributed by atoms with E-state index < -0.39 is 23.5 Å². The average Bonchev–Trinajstić information content (AvgIpc) is 2.62. The average molecular weight is 326 g/mol. The summed E-state index contributed by atoms with van der Waals surface area (Å²) in [5.74, 6) is -2.13. The lowest BCUT2D eigenvalue weighted by Crippen LogP contribution is -2.31. The highest BCUT2D eigenvalue weighted by molar-refractivity contribution is 6.05. The van der Waals surface area contributed by atoms with Gasteiger partial charge in [-0.2, -0.15) is 0 Å². The van der Waals surface area contributed by atoms with E-state index in [9.17, 15) is 18.4 Å². The van der Waals surface area contributed by atoms with Gasteiger partial charge in [0.25, 0.3) is 0 Å². The molecular weight excluding hydrogens is 310 g/mol. The van der Waals surface area contributed by atoms with Gasteiger partial charge in [-0.25, -0.2) is 8.78 Å². The van der Waals surface area contributed by atoms with Crippen LogP contribution in [0.5, 0.6) is 0 Å². The van der Waals surface area contributed by atoms with Crippen molar-refractivity contribution in [2.75, 3.05) is 0 Å². The fourth-order valence-corrected chi connectivity index (χ4v) is 3.05. The maximum Gasteiger partial charge on any atom is 0.167 e. The molecule has 0 radical (unpaired) electrons. The van der Waals surface area contributed by atoms with Crippen molar-refractivity contribution >= 4 is 11.6 Å². The van der Waals surface area contributed by atoms with Crippen molar-refractivity contribution < 1.29 is 18.4 Å². The van der Waals surface area contributed by atoms with E-state index in [-0.39, 0.29) is 11.6 Å². The van der Waals surface area contributed by atoms with Crippen molar-refractivity contribution in [2.24, 2.45) is 11.8 Å². The molecule has 0 spiro atoms. The van der Waals surface area contributed by atoms with E-state index in [0.29, 0.717) is 24.0 Å². The maximum absolute atomic E-state index is 13.0. The van der Waals surface area contributed by atoms with Crippen LogP contribution in [0.3, 0.4) is 0 Å². The van der Waals surface area contributed by atoms with Crippen LogP contribution < -0.4 is 0 Å². The van der Waals surface area contributed by atoms with Crippen molar-refractivity contribution in [1.82, 2.24) is 0 Å². The second kappa shape index (κ2) is 6.87. The lowest BCUT2D eigenvalue weighted by atomic mass is 9.75. The Morgan fingerprint density at radius 2 is 1.00 bits per heavy atom. The molecule has 0 saturated carbocycles. The number of rotatable bonds is 4. The summed E-state index contributed by atoms with van der Waals surface area (Å²) in [7, 11) is 0. The molecule has 0 aliphatic heterocycles. The molecule has 122 valence electrons. The number of carbonyl (C=O) groups excluding carboxylic acids is 2. The molecule has 2 atom stereocenters. The first-order valence-corrected chi connectivity index (χ1v) is 7.81. The van der Waals surface area contributed by atoms with Gasteiger partial charge in [-0.1, -0.05) is 12.2 Å². The van der Waals surface area contributed by atoms with Crippen LogP contribution in [-0.2, 0) is 0 Å². The lowest BCUT2D eigenvalue weighted by Gasteiger charge is -2.26. The predicted octanol–water partition coefficient (Wildman–Crippen LogP) is 4.61. The minimum absolute atomic E-state index is 0.167. The molecule has 2 aromatic rings. The SMILES string of the molecule is O=C(c1ccc(F)cc1)[C@@H]1CC=CC[C@H]1C(=O)c1ccc(F)cc1. The van der Waals surface area contributed by atoms with Crippen LogP contribution in [0.1, 0.15) is 33.6 Å². The summed E-state index contributed by atoms with van der Waals surface area (Å²) in [6.45, 7) is 0. The molecule has 2 aromatic carbocycles. The molecule has 0 fully saturated rings. The van der Waals surface area contributed by atoms with Crippen LogP contribution in [0.4, 0.5) is 8.78 Å². The highest BCUT2D eigenvalue weighted by Gasteiger charge is 2.34. The molecule has 0 aromatic heterocycles. The third-order valence-electron chi connectivity index (χ3n) is 4.36. The molecule has 2 nitrogen and oxygen atoms in total. The summed E-state index contributed by atoms with van der Waals surface area (Å²) in [5, 5.41) is 0. The summed E-state index contributed by atoms with van der Waals surface area (Å²) in [6, 6.07) is 10.7.